The van der Waals surface area contributed by atoms with Crippen LogP contribution in [0.15, 0.2) is 23.1 Å². The zero-order chi connectivity index (χ0) is 14.9. The molecule has 20 heavy (non-hydrogen) atoms. The lowest BCUT2D eigenvalue weighted by molar-refractivity contribution is -0.140. The number of amides is 2. The fraction of sp³-hybridized carbons (Fsp3) is 0.0833. The second-order valence-electron chi connectivity index (χ2n) is 3.83. The van der Waals surface area contributed by atoms with Gasteiger partial charge in [-0.05, 0) is 35.5 Å². The highest BCUT2D eigenvalue weighted by Gasteiger charge is 2.36. The Hall–Kier alpha value is -1.50. The molecule has 1 aromatic rings. The van der Waals surface area contributed by atoms with Gasteiger partial charge in [-0.3, -0.25) is 19.3 Å². The van der Waals surface area contributed by atoms with Gasteiger partial charge in [0.2, 0.25) is 0 Å². The lowest BCUT2D eigenvalue weighted by Crippen LogP contribution is -2.33. The van der Waals surface area contributed by atoms with E-state index in [0.29, 0.717) is 32.3 Å². The number of nitrogens with zero attached hydrogens (tertiary/aromatic N) is 1. The first kappa shape index (κ1) is 14.9. The molecule has 0 bridgehead atoms. The zero-order valence-corrected chi connectivity index (χ0v) is 12.1. The first-order valence-electron chi connectivity index (χ1n) is 5.30. The number of benzene rings is 1. The third-order valence-corrected chi connectivity index (χ3v) is 3.89. The summed E-state index contributed by atoms with van der Waals surface area (Å²) >= 11 is 12.4. The molecule has 1 aliphatic rings. The van der Waals surface area contributed by atoms with Gasteiger partial charge in [0.1, 0.15) is 6.54 Å². The van der Waals surface area contributed by atoms with Crippen LogP contribution in [-0.4, -0.2) is 33.7 Å². The van der Waals surface area contributed by atoms with E-state index in [1.165, 1.54) is 12.1 Å². The van der Waals surface area contributed by atoms with Crippen molar-refractivity contribution in [3.63, 3.8) is 0 Å². The number of carboxylic acid groups (broad SMARTS) is 1. The van der Waals surface area contributed by atoms with Gasteiger partial charge in [0.05, 0.1) is 4.91 Å². The highest BCUT2D eigenvalue weighted by atomic mass is 35.5. The predicted octanol–water partition coefficient (Wildman–Crippen LogP) is 3.11. The quantitative estimate of drug-likeness (QED) is 0.861. The van der Waals surface area contributed by atoms with Gasteiger partial charge in [-0.2, -0.15) is 0 Å². The molecule has 1 fully saturated rings. The Bertz CT molecular complexity index is 644. The maximum absolute atomic E-state index is 11.9. The third-order valence-electron chi connectivity index (χ3n) is 2.42. The van der Waals surface area contributed by atoms with E-state index in [1.54, 1.807) is 12.1 Å². The van der Waals surface area contributed by atoms with Crippen molar-refractivity contribution in [3.05, 3.63) is 38.7 Å². The van der Waals surface area contributed by atoms with Crippen LogP contribution in [0.4, 0.5) is 4.79 Å². The van der Waals surface area contributed by atoms with Crippen LogP contribution in [0, 0.1) is 0 Å². The van der Waals surface area contributed by atoms with E-state index in [1.807, 2.05) is 0 Å². The van der Waals surface area contributed by atoms with Crippen LogP contribution in [0.25, 0.3) is 6.08 Å². The summed E-state index contributed by atoms with van der Waals surface area (Å²) in [6.45, 7) is -0.656. The van der Waals surface area contributed by atoms with Gasteiger partial charge in [0, 0.05) is 10.0 Å². The Morgan fingerprint density at radius 3 is 2.65 bits per heavy atom. The number of imide groups is 1. The molecule has 0 atom stereocenters. The molecular formula is C12H7Cl2NO4S. The molecule has 0 saturated carbocycles. The van der Waals surface area contributed by atoms with Crippen molar-refractivity contribution in [1.82, 2.24) is 4.90 Å². The minimum Gasteiger partial charge on any atom is -0.480 e. The molecule has 1 aliphatic heterocycles. The molecule has 5 nitrogen and oxygen atoms in total. The van der Waals surface area contributed by atoms with Gasteiger partial charge < -0.3 is 5.11 Å². The molecule has 1 saturated heterocycles. The monoisotopic (exact) mass is 331 g/mol. The first-order valence-corrected chi connectivity index (χ1v) is 6.88. The summed E-state index contributed by atoms with van der Waals surface area (Å²) in [7, 11) is 0. The number of thioether (sulfide) groups is 1. The van der Waals surface area contributed by atoms with Crippen molar-refractivity contribution in [2.75, 3.05) is 6.54 Å². The molecule has 0 aliphatic carbocycles. The van der Waals surface area contributed by atoms with E-state index >= 15 is 0 Å². The normalized spacial score (nSPS) is 17.1. The second kappa shape index (κ2) is 5.87. The number of carbonyl (C=O) groups excluding carboxylic acids is 2. The minimum absolute atomic E-state index is 0.125. The van der Waals surface area contributed by atoms with Crippen molar-refractivity contribution >= 4 is 58.2 Å². The maximum Gasteiger partial charge on any atom is 0.323 e. The highest BCUT2D eigenvalue weighted by molar-refractivity contribution is 8.18. The number of rotatable bonds is 3. The van der Waals surface area contributed by atoms with E-state index in [9.17, 15) is 14.4 Å². The Morgan fingerprint density at radius 1 is 1.35 bits per heavy atom. The van der Waals surface area contributed by atoms with Crippen molar-refractivity contribution in [1.29, 1.82) is 0 Å². The first-order chi connectivity index (χ1) is 9.38. The summed E-state index contributed by atoms with van der Waals surface area (Å²) in [5.41, 5.74) is 0.525. The van der Waals surface area contributed by atoms with Gasteiger partial charge in [0.15, 0.2) is 0 Å². The molecule has 2 rings (SSSR count). The van der Waals surface area contributed by atoms with Crippen molar-refractivity contribution in [2.45, 2.75) is 0 Å². The van der Waals surface area contributed by atoms with Gasteiger partial charge in [-0.1, -0.05) is 29.3 Å². The van der Waals surface area contributed by atoms with Crippen LogP contribution in [0.3, 0.4) is 0 Å². The Balaban J connectivity index is 2.30. The van der Waals surface area contributed by atoms with E-state index in [4.69, 9.17) is 28.3 Å². The Morgan fingerprint density at radius 2 is 2.05 bits per heavy atom. The predicted molar refractivity (Wildman–Crippen MR) is 76.8 cm³/mol. The molecule has 8 heteroatoms. The lowest BCUT2D eigenvalue weighted by atomic mass is 10.2. The van der Waals surface area contributed by atoms with E-state index in [0.717, 1.165) is 0 Å². The highest BCUT2D eigenvalue weighted by Crippen LogP contribution is 2.33. The zero-order valence-electron chi connectivity index (χ0n) is 9.80. The van der Waals surface area contributed by atoms with E-state index < -0.39 is 23.7 Å². The fourth-order valence-electron chi connectivity index (χ4n) is 1.53. The van der Waals surface area contributed by atoms with Crippen molar-refractivity contribution < 1.29 is 19.5 Å². The molecule has 2 amide bonds. The number of hydrogen-bond donors (Lipinski definition) is 1. The van der Waals surface area contributed by atoms with Gasteiger partial charge in [-0.15, -0.1) is 0 Å². The van der Waals surface area contributed by atoms with Gasteiger partial charge >= 0.3 is 5.97 Å². The van der Waals surface area contributed by atoms with Gasteiger partial charge in [-0.25, -0.2) is 0 Å². The summed E-state index contributed by atoms with van der Waals surface area (Å²) in [5, 5.41) is 8.82. The smallest absolute Gasteiger partial charge is 0.323 e. The number of aliphatic carboxylic acids is 1. The number of hydrogen-bond acceptors (Lipinski definition) is 4. The average Bonchev–Trinajstić information content (AvgIpc) is 2.60. The molecule has 1 N–H and O–H groups in total. The maximum atomic E-state index is 11.9. The molecule has 104 valence electrons. The number of carbonyl (C=O) groups is 3. The van der Waals surface area contributed by atoms with Crippen LogP contribution in [0.5, 0.6) is 0 Å². The van der Waals surface area contributed by atoms with Crippen molar-refractivity contribution in [3.8, 4) is 0 Å². The topological polar surface area (TPSA) is 74.7 Å². The Labute approximate surface area is 128 Å². The molecule has 0 aromatic heterocycles. The van der Waals surface area contributed by atoms with Crippen LogP contribution in [-0.2, 0) is 9.59 Å². The summed E-state index contributed by atoms with van der Waals surface area (Å²) in [5.74, 6) is -1.90. The van der Waals surface area contributed by atoms with E-state index in [-0.39, 0.29) is 4.91 Å². The molecule has 1 heterocycles. The standard InChI is InChI=1S/C12H7Cl2NO4S/c13-7-2-1-6(8(14)4-7)3-9-11(18)15(5-10(16)17)12(19)20-9/h1-4H,5H2,(H,16,17)/b9-3+. The van der Waals surface area contributed by atoms with Crippen LogP contribution < -0.4 is 0 Å². The van der Waals surface area contributed by atoms with Crippen molar-refractivity contribution in [2.24, 2.45) is 0 Å². The second-order valence-corrected chi connectivity index (χ2v) is 5.66. The summed E-state index contributed by atoms with van der Waals surface area (Å²) in [4.78, 5) is 34.9. The van der Waals surface area contributed by atoms with Gasteiger partial charge in [0.25, 0.3) is 11.1 Å². The van der Waals surface area contributed by atoms with Crippen LogP contribution in [0.1, 0.15) is 5.56 Å². The summed E-state index contributed by atoms with van der Waals surface area (Å²) in [6, 6.07) is 4.72. The number of halogens is 2. The molecule has 0 radical (unpaired) electrons. The van der Waals surface area contributed by atoms with Crippen LogP contribution >= 0.6 is 35.0 Å². The van der Waals surface area contributed by atoms with Crippen LogP contribution in [0.2, 0.25) is 10.0 Å². The molecule has 0 spiro atoms. The largest absolute Gasteiger partial charge is 0.480 e. The lowest BCUT2D eigenvalue weighted by Gasteiger charge is -2.07. The minimum atomic E-state index is -1.25. The molecular weight excluding hydrogens is 325 g/mol. The summed E-state index contributed by atoms with van der Waals surface area (Å²) < 4.78 is 0. The molecule has 0 unspecified atom stereocenters. The fourth-order valence-corrected chi connectivity index (χ4v) is 2.82. The Kier molecular flexibility index (Phi) is 4.37. The van der Waals surface area contributed by atoms with E-state index in [2.05, 4.69) is 0 Å². The number of carboxylic acids is 1. The third kappa shape index (κ3) is 3.15. The molecule has 1 aromatic carbocycles. The SMILES string of the molecule is O=C(O)CN1C(=O)S/C(=C/c2ccc(Cl)cc2Cl)C1=O. The summed E-state index contributed by atoms with van der Waals surface area (Å²) in [6.07, 6.45) is 1.44. The average molecular weight is 332 g/mol.